The van der Waals surface area contributed by atoms with Gasteiger partial charge in [-0.3, -0.25) is 13.9 Å². The van der Waals surface area contributed by atoms with Gasteiger partial charge in [0.15, 0.2) is 0 Å². The first kappa shape index (κ1) is 29.2. The highest BCUT2D eigenvalue weighted by Crippen LogP contribution is 2.30. The van der Waals surface area contributed by atoms with E-state index in [1.54, 1.807) is 31.2 Å². The lowest BCUT2D eigenvalue weighted by atomic mass is 10.1. The fraction of sp³-hybridized carbons (Fsp3) is 0.481. The van der Waals surface area contributed by atoms with Gasteiger partial charge in [0.05, 0.1) is 18.6 Å². The van der Waals surface area contributed by atoms with Crippen molar-refractivity contribution >= 4 is 27.5 Å². The zero-order chi connectivity index (χ0) is 26.9. The van der Waals surface area contributed by atoms with E-state index in [4.69, 9.17) is 4.74 Å². The molecule has 8 nitrogen and oxygen atoms in total. The number of hydrogen-bond acceptors (Lipinski definition) is 5. The third-order valence-electron chi connectivity index (χ3n) is 5.79. The molecule has 0 aliphatic carbocycles. The van der Waals surface area contributed by atoms with Crippen molar-refractivity contribution in [1.29, 1.82) is 0 Å². The number of para-hydroxylation sites is 2. The minimum atomic E-state index is -3.84. The zero-order valence-corrected chi connectivity index (χ0v) is 23.0. The van der Waals surface area contributed by atoms with Gasteiger partial charge in [-0.05, 0) is 49.4 Å². The largest absolute Gasteiger partial charge is 0.492 e. The van der Waals surface area contributed by atoms with Gasteiger partial charge in [0.2, 0.25) is 21.8 Å². The van der Waals surface area contributed by atoms with Crippen molar-refractivity contribution in [1.82, 2.24) is 10.2 Å². The van der Waals surface area contributed by atoms with Crippen LogP contribution in [0.25, 0.3) is 0 Å². The Hall–Kier alpha value is -3.07. The summed E-state index contributed by atoms with van der Waals surface area (Å²) in [5, 5.41) is 2.93. The van der Waals surface area contributed by atoms with Crippen LogP contribution in [0, 0.1) is 12.8 Å². The van der Waals surface area contributed by atoms with Gasteiger partial charge in [0.25, 0.3) is 0 Å². The lowest BCUT2D eigenvalue weighted by Crippen LogP contribution is -2.52. The van der Waals surface area contributed by atoms with E-state index in [9.17, 15) is 18.0 Å². The molecule has 2 aromatic rings. The number of anilines is 1. The minimum Gasteiger partial charge on any atom is -0.492 e. The molecule has 0 radical (unpaired) electrons. The normalized spacial score (nSPS) is 12.2. The molecule has 0 fully saturated rings. The minimum absolute atomic E-state index is 0.184. The van der Waals surface area contributed by atoms with Gasteiger partial charge in [-0.25, -0.2) is 8.42 Å². The van der Waals surface area contributed by atoms with Crippen molar-refractivity contribution in [2.75, 3.05) is 30.3 Å². The summed E-state index contributed by atoms with van der Waals surface area (Å²) in [6.45, 7) is 10.1. The number of carbonyl (C=O) groups excluding carboxylic acids is 2. The molecule has 0 bridgehead atoms. The molecule has 0 aliphatic rings. The van der Waals surface area contributed by atoms with Crippen LogP contribution in [-0.2, 0) is 26.2 Å². The van der Waals surface area contributed by atoms with Crippen LogP contribution in [0.3, 0.4) is 0 Å². The number of nitrogens with one attached hydrogen (secondary N) is 1. The summed E-state index contributed by atoms with van der Waals surface area (Å²) in [7, 11) is -3.84. The lowest BCUT2D eigenvalue weighted by molar-refractivity contribution is -0.140. The van der Waals surface area contributed by atoms with E-state index in [2.05, 4.69) is 5.32 Å². The average Bonchev–Trinajstić information content (AvgIpc) is 2.82. The number of rotatable bonds is 13. The Labute approximate surface area is 215 Å². The molecular weight excluding hydrogens is 478 g/mol. The van der Waals surface area contributed by atoms with E-state index in [0.29, 0.717) is 25.3 Å². The molecule has 0 saturated heterocycles. The Bertz CT molecular complexity index is 1130. The molecule has 198 valence electrons. The second-order valence-electron chi connectivity index (χ2n) is 9.18. The van der Waals surface area contributed by atoms with Crippen molar-refractivity contribution in [3.63, 3.8) is 0 Å². The molecule has 0 spiro atoms. The fourth-order valence-electron chi connectivity index (χ4n) is 3.85. The monoisotopic (exact) mass is 517 g/mol. The third-order valence-corrected chi connectivity index (χ3v) is 6.91. The fourth-order valence-corrected chi connectivity index (χ4v) is 4.70. The summed E-state index contributed by atoms with van der Waals surface area (Å²) in [4.78, 5) is 28.4. The smallest absolute Gasteiger partial charge is 0.244 e. The molecule has 1 atom stereocenters. The highest BCUT2D eigenvalue weighted by atomic mass is 32.2. The Morgan fingerprint density at radius 3 is 2.25 bits per heavy atom. The van der Waals surface area contributed by atoms with E-state index in [-0.39, 0.29) is 24.1 Å². The van der Waals surface area contributed by atoms with Crippen molar-refractivity contribution in [3.05, 3.63) is 59.7 Å². The Kier molecular flexibility index (Phi) is 10.8. The molecule has 2 amide bonds. The predicted octanol–water partition coefficient (Wildman–Crippen LogP) is 3.74. The van der Waals surface area contributed by atoms with Crippen LogP contribution in [0.2, 0.25) is 0 Å². The third kappa shape index (κ3) is 7.98. The quantitative estimate of drug-likeness (QED) is 0.437. The number of carbonyl (C=O) groups is 2. The lowest BCUT2D eigenvalue weighted by Gasteiger charge is -2.33. The van der Waals surface area contributed by atoms with E-state index >= 15 is 0 Å². The van der Waals surface area contributed by atoms with E-state index in [0.717, 1.165) is 21.7 Å². The van der Waals surface area contributed by atoms with Gasteiger partial charge in [-0.15, -0.1) is 0 Å². The molecule has 0 aromatic heterocycles. The number of amides is 2. The van der Waals surface area contributed by atoms with Crippen LogP contribution in [0.1, 0.15) is 45.2 Å². The Balaban J connectivity index is 2.48. The summed E-state index contributed by atoms with van der Waals surface area (Å²) in [6, 6.07) is 13.6. The summed E-state index contributed by atoms with van der Waals surface area (Å²) >= 11 is 0. The molecule has 2 aromatic carbocycles. The summed E-state index contributed by atoms with van der Waals surface area (Å²) in [6.07, 6.45) is 1.44. The second-order valence-corrected chi connectivity index (χ2v) is 11.1. The van der Waals surface area contributed by atoms with E-state index in [1.165, 1.54) is 4.90 Å². The number of sulfonamides is 1. The molecule has 36 heavy (non-hydrogen) atoms. The van der Waals surface area contributed by atoms with Crippen molar-refractivity contribution in [2.45, 2.75) is 53.6 Å². The maximum atomic E-state index is 13.8. The van der Waals surface area contributed by atoms with Crippen LogP contribution >= 0.6 is 0 Å². The number of hydrogen-bond donors (Lipinski definition) is 1. The van der Waals surface area contributed by atoms with E-state index in [1.807, 2.05) is 52.0 Å². The molecule has 1 unspecified atom stereocenters. The topological polar surface area (TPSA) is 96.0 Å². The first-order valence-corrected chi connectivity index (χ1v) is 14.2. The average molecular weight is 518 g/mol. The maximum Gasteiger partial charge on any atom is 0.244 e. The molecule has 1 N–H and O–H groups in total. The Morgan fingerprint density at radius 2 is 1.67 bits per heavy atom. The molecular formula is C27H39N3O5S. The standard InChI is InChI=1S/C27H39N3O5S/c1-7-23(27(32)28-17-20(3)4)29(18-22-14-10-9-13-21(22)5)26(31)19-30(36(6,33)34)24-15-11-12-16-25(24)35-8-2/h9-16,20,23H,7-8,17-19H2,1-6H3,(H,28,32). The Morgan fingerprint density at radius 1 is 1.03 bits per heavy atom. The van der Waals surface area contributed by atoms with E-state index < -0.39 is 28.5 Å². The molecule has 0 saturated carbocycles. The second kappa shape index (κ2) is 13.3. The molecule has 0 heterocycles. The number of nitrogens with zero attached hydrogens (tertiary/aromatic N) is 2. The van der Waals surface area contributed by atoms with Crippen LogP contribution in [0.15, 0.2) is 48.5 Å². The van der Waals surface area contributed by atoms with Gasteiger partial charge in [-0.1, -0.05) is 57.2 Å². The van der Waals surface area contributed by atoms with Crippen LogP contribution in [0.5, 0.6) is 5.75 Å². The van der Waals surface area contributed by atoms with Gasteiger partial charge in [-0.2, -0.15) is 0 Å². The highest BCUT2D eigenvalue weighted by Gasteiger charge is 2.32. The molecule has 9 heteroatoms. The van der Waals surface area contributed by atoms with Gasteiger partial charge >= 0.3 is 0 Å². The summed E-state index contributed by atoms with van der Waals surface area (Å²) < 4.78 is 32.3. The van der Waals surface area contributed by atoms with Crippen LogP contribution in [0.4, 0.5) is 5.69 Å². The zero-order valence-electron chi connectivity index (χ0n) is 22.2. The van der Waals surface area contributed by atoms with Crippen molar-refractivity contribution in [2.24, 2.45) is 5.92 Å². The number of benzene rings is 2. The van der Waals surface area contributed by atoms with Crippen molar-refractivity contribution in [3.8, 4) is 5.75 Å². The molecule has 0 aliphatic heterocycles. The predicted molar refractivity (Wildman–Crippen MR) is 143 cm³/mol. The number of aryl methyl sites for hydroxylation is 1. The summed E-state index contributed by atoms with van der Waals surface area (Å²) in [5.41, 5.74) is 2.15. The number of ether oxygens (including phenoxy) is 1. The SMILES string of the molecule is CCOc1ccccc1N(CC(=O)N(Cc1ccccc1C)C(CC)C(=O)NCC(C)C)S(C)(=O)=O. The summed E-state index contributed by atoms with van der Waals surface area (Å²) in [5.74, 6) is -0.108. The molecule has 2 rings (SSSR count). The van der Waals surface area contributed by atoms with Crippen molar-refractivity contribution < 1.29 is 22.7 Å². The van der Waals surface area contributed by atoms with Crippen LogP contribution < -0.4 is 14.4 Å². The van der Waals surface area contributed by atoms with Crippen LogP contribution in [-0.4, -0.2) is 57.1 Å². The van der Waals surface area contributed by atoms with Gasteiger partial charge in [0.1, 0.15) is 18.3 Å². The van der Waals surface area contributed by atoms with Gasteiger partial charge < -0.3 is 15.0 Å². The first-order chi connectivity index (χ1) is 17.0. The van der Waals surface area contributed by atoms with Gasteiger partial charge in [0, 0.05) is 13.1 Å². The highest BCUT2D eigenvalue weighted by molar-refractivity contribution is 7.92. The maximum absolute atomic E-state index is 13.8. The first-order valence-electron chi connectivity index (χ1n) is 12.3.